The van der Waals surface area contributed by atoms with Crippen LogP contribution in [0.5, 0.6) is 5.75 Å². The molecule has 0 atom stereocenters. The summed E-state index contributed by atoms with van der Waals surface area (Å²) in [7, 11) is 0. The van der Waals surface area contributed by atoms with E-state index in [1.807, 2.05) is 32.0 Å². The van der Waals surface area contributed by atoms with Gasteiger partial charge in [0.25, 0.3) is 5.91 Å². The van der Waals surface area contributed by atoms with E-state index in [1.54, 1.807) is 13.0 Å². The number of aryl methyl sites for hydroxylation is 1. The number of hydrazone groups is 1. The summed E-state index contributed by atoms with van der Waals surface area (Å²) in [5, 5.41) is 6.63. The Morgan fingerprint density at radius 2 is 1.95 bits per heavy atom. The molecule has 0 unspecified atom stereocenters. The average molecular weight is 305 g/mol. The first kappa shape index (κ1) is 17.7. The van der Waals surface area contributed by atoms with Gasteiger partial charge in [-0.05, 0) is 31.9 Å². The Bertz CT molecular complexity index is 541. The molecule has 2 amide bonds. The minimum atomic E-state index is -0.364. The first-order valence-corrected chi connectivity index (χ1v) is 7.30. The molecule has 0 aliphatic heterocycles. The maximum absolute atomic E-state index is 11.6. The van der Waals surface area contributed by atoms with Crippen LogP contribution in [0.1, 0.15) is 32.3 Å². The Hall–Kier alpha value is -2.37. The Balaban J connectivity index is 2.34. The number of hydrogen-bond donors (Lipinski definition) is 2. The fourth-order valence-corrected chi connectivity index (χ4v) is 1.65. The predicted molar refractivity (Wildman–Crippen MR) is 85.8 cm³/mol. The highest BCUT2D eigenvalue weighted by Crippen LogP contribution is 2.15. The lowest BCUT2D eigenvalue weighted by Crippen LogP contribution is -2.28. The molecule has 0 aliphatic rings. The normalized spacial score (nSPS) is 11.0. The maximum Gasteiger partial charge on any atom is 0.277 e. The van der Waals surface area contributed by atoms with Gasteiger partial charge in [-0.15, -0.1) is 0 Å². The number of para-hydroxylation sites is 1. The zero-order chi connectivity index (χ0) is 16.4. The van der Waals surface area contributed by atoms with Gasteiger partial charge in [-0.3, -0.25) is 9.59 Å². The van der Waals surface area contributed by atoms with Crippen LogP contribution < -0.4 is 15.5 Å². The third-order valence-corrected chi connectivity index (χ3v) is 2.81. The second kappa shape index (κ2) is 9.55. The number of carbonyl (C=O) groups excluding carboxylic acids is 2. The van der Waals surface area contributed by atoms with Crippen LogP contribution in [0, 0.1) is 6.92 Å². The molecule has 0 radical (unpaired) electrons. The molecule has 0 aliphatic carbocycles. The molecule has 6 nitrogen and oxygen atoms in total. The minimum Gasteiger partial charge on any atom is -0.483 e. The number of nitrogens with zero attached hydrogens (tertiary/aromatic N) is 1. The zero-order valence-electron chi connectivity index (χ0n) is 13.3. The maximum atomic E-state index is 11.6. The highest BCUT2D eigenvalue weighted by molar-refractivity contribution is 6.00. The second-order valence-corrected chi connectivity index (χ2v) is 4.96. The molecule has 1 aromatic rings. The number of hydrogen-bond acceptors (Lipinski definition) is 4. The van der Waals surface area contributed by atoms with Crippen molar-refractivity contribution < 1.29 is 14.3 Å². The molecule has 6 heteroatoms. The number of rotatable bonds is 8. The lowest BCUT2D eigenvalue weighted by molar-refractivity contribution is -0.123. The number of ether oxygens (including phenoxy) is 1. The standard InChI is InChI=1S/C16H23N3O3/c1-4-9-17-15(20)10-13(3)18-19-16(21)11-22-14-8-6-5-7-12(14)2/h5-8H,4,9-11H2,1-3H3,(H,17,20)(H,19,21)/b18-13-. The van der Waals surface area contributed by atoms with Gasteiger partial charge in [-0.1, -0.05) is 25.1 Å². The summed E-state index contributed by atoms with van der Waals surface area (Å²) >= 11 is 0. The molecule has 1 rings (SSSR count). The van der Waals surface area contributed by atoms with Crippen molar-refractivity contribution in [3.05, 3.63) is 29.8 Å². The molecule has 0 saturated carbocycles. The van der Waals surface area contributed by atoms with Crippen molar-refractivity contribution in [3.8, 4) is 5.75 Å². The van der Waals surface area contributed by atoms with Crippen molar-refractivity contribution in [1.29, 1.82) is 0 Å². The molecule has 0 heterocycles. The van der Waals surface area contributed by atoms with Crippen molar-refractivity contribution in [2.75, 3.05) is 13.2 Å². The van der Waals surface area contributed by atoms with Gasteiger partial charge in [0.2, 0.25) is 5.91 Å². The summed E-state index contributed by atoms with van der Waals surface area (Å²) in [5.41, 5.74) is 3.88. The van der Waals surface area contributed by atoms with Gasteiger partial charge < -0.3 is 10.1 Å². The first-order valence-electron chi connectivity index (χ1n) is 7.30. The van der Waals surface area contributed by atoms with E-state index in [-0.39, 0.29) is 24.8 Å². The van der Waals surface area contributed by atoms with Crippen LogP contribution in [0.4, 0.5) is 0 Å². The minimum absolute atomic E-state index is 0.103. The van der Waals surface area contributed by atoms with Gasteiger partial charge in [-0.25, -0.2) is 5.43 Å². The van der Waals surface area contributed by atoms with Gasteiger partial charge in [0, 0.05) is 12.3 Å². The zero-order valence-corrected chi connectivity index (χ0v) is 13.3. The van der Waals surface area contributed by atoms with E-state index < -0.39 is 0 Å². The third-order valence-electron chi connectivity index (χ3n) is 2.81. The number of carbonyl (C=O) groups is 2. The molecule has 1 aromatic carbocycles. The lowest BCUT2D eigenvalue weighted by atomic mass is 10.2. The Labute approximate surface area is 130 Å². The fourth-order valence-electron chi connectivity index (χ4n) is 1.65. The Morgan fingerprint density at radius 3 is 2.64 bits per heavy atom. The number of amides is 2. The monoisotopic (exact) mass is 305 g/mol. The van der Waals surface area contributed by atoms with E-state index >= 15 is 0 Å². The molecule has 120 valence electrons. The average Bonchev–Trinajstić information content (AvgIpc) is 2.50. The summed E-state index contributed by atoms with van der Waals surface area (Å²) in [4.78, 5) is 23.1. The van der Waals surface area contributed by atoms with Gasteiger partial charge in [0.15, 0.2) is 6.61 Å². The van der Waals surface area contributed by atoms with Crippen molar-refractivity contribution in [2.24, 2.45) is 5.10 Å². The highest BCUT2D eigenvalue weighted by atomic mass is 16.5. The van der Waals surface area contributed by atoms with Crippen molar-refractivity contribution in [3.63, 3.8) is 0 Å². The topological polar surface area (TPSA) is 79.8 Å². The van der Waals surface area contributed by atoms with Crippen LogP contribution in [0.25, 0.3) is 0 Å². The Morgan fingerprint density at radius 1 is 1.23 bits per heavy atom. The molecule has 22 heavy (non-hydrogen) atoms. The molecule has 0 saturated heterocycles. The largest absolute Gasteiger partial charge is 0.483 e. The second-order valence-electron chi connectivity index (χ2n) is 4.96. The lowest BCUT2D eigenvalue weighted by Gasteiger charge is -2.08. The van der Waals surface area contributed by atoms with Crippen LogP contribution in [-0.2, 0) is 9.59 Å². The van der Waals surface area contributed by atoms with E-state index in [0.717, 1.165) is 12.0 Å². The van der Waals surface area contributed by atoms with Crippen molar-refractivity contribution in [1.82, 2.24) is 10.7 Å². The molecule has 0 bridgehead atoms. The number of nitrogens with one attached hydrogen (secondary N) is 2. The SMILES string of the molecule is CCCNC(=O)C/C(C)=N\NC(=O)COc1ccccc1C. The summed E-state index contributed by atoms with van der Waals surface area (Å²) < 4.78 is 5.40. The van der Waals surface area contributed by atoms with Crippen molar-refractivity contribution in [2.45, 2.75) is 33.6 Å². The van der Waals surface area contributed by atoms with Gasteiger partial charge in [0.1, 0.15) is 5.75 Å². The molecule has 0 aromatic heterocycles. The van der Waals surface area contributed by atoms with Gasteiger partial charge >= 0.3 is 0 Å². The van der Waals surface area contributed by atoms with Crippen molar-refractivity contribution >= 4 is 17.5 Å². The van der Waals surface area contributed by atoms with Crippen LogP contribution in [-0.4, -0.2) is 30.7 Å². The summed E-state index contributed by atoms with van der Waals surface area (Å²) in [5.74, 6) is 0.197. The van der Waals surface area contributed by atoms with E-state index in [1.165, 1.54) is 0 Å². The van der Waals surface area contributed by atoms with E-state index in [4.69, 9.17) is 4.74 Å². The summed E-state index contributed by atoms with van der Waals surface area (Å²) in [6.07, 6.45) is 1.05. The van der Waals surface area contributed by atoms with Crippen LogP contribution >= 0.6 is 0 Å². The molecular weight excluding hydrogens is 282 g/mol. The van der Waals surface area contributed by atoms with E-state index in [0.29, 0.717) is 18.0 Å². The smallest absolute Gasteiger partial charge is 0.277 e. The molecular formula is C16H23N3O3. The van der Waals surface area contributed by atoms with Crippen LogP contribution in [0.15, 0.2) is 29.4 Å². The Kier molecular flexibility index (Phi) is 7.67. The fraction of sp³-hybridized carbons (Fsp3) is 0.438. The van der Waals surface area contributed by atoms with Crippen LogP contribution in [0.2, 0.25) is 0 Å². The molecule has 2 N–H and O–H groups in total. The number of benzene rings is 1. The van der Waals surface area contributed by atoms with E-state index in [2.05, 4.69) is 15.8 Å². The van der Waals surface area contributed by atoms with E-state index in [9.17, 15) is 9.59 Å². The first-order chi connectivity index (χ1) is 10.5. The van der Waals surface area contributed by atoms with Crippen LogP contribution in [0.3, 0.4) is 0 Å². The summed E-state index contributed by atoms with van der Waals surface area (Å²) in [6.45, 7) is 6.10. The van der Waals surface area contributed by atoms with Gasteiger partial charge in [-0.2, -0.15) is 5.10 Å². The van der Waals surface area contributed by atoms with Gasteiger partial charge in [0.05, 0.1) is 6.42 Å². The third kappa shape index (κ3) is 6.88. The summed E-state index contributed by atoms with van der Waals surface area (Å²) in [6, 6.07) is 7.45. The molecule has 0 spiro atoms. The highest BCUT2D eigenvalue weighted by Gasteiger charge is 2.05. The quantitative estimate of drug-likeness (QED) is 0.567. The predicted octanol–water partition coefficient (Wildman–Crippen LogP) is 1.78. The molecule has 0 fully saturated rings.